The first kappa shape index (κ1) is 15.9. The standard InChI is InChI=1S/C15H33N3/c1-17(2)12-8-14-18(3)13-7-11-16-15-9-5-4-6-10-15/h15-16H,4-14H2,1-3H3. The Morgan fingerprint density at radius 2 is 1.56 bits per heavy atom. The maximum absolute atomic E-state index is 3.72. The van der Waals surface area contributed by atoms with Crippen LogP contribution < -0.4 is 5.32 Å². The zero-order valence-corrected chi connectivity index (χ0v) is 12.7. The Balaban J connectivity index is 1.89. The summed E-state index contributed by atoms with van der Waals surface area (Å²) in [7, 11) is 6.54. The van der Waals surface area contributed by atoms with E-state index in [4.69, 9.17) is 0 Å². The normalized spacial score (nSPS) is 17.8. The van der Waals surface area contributed by atoms with Crippen molar-refractivity contribution in [1.29, 1.82) is 0 Å². The molecule has 0 bridgehead atoms. The Labute approximate surface area is 114 Å². The lowest BCUT2D eigenvalue weighted by Gasteiger charge is -2.23. The maximum atomic E-state index is 3.72. The van der Waals surface area contributed by atoms with E-state index in [1.807, 2.05) is 0 Å². The van der Waals surface area contributed by atoms with Crippen LogP contribution in [0.3, 0.4) is 0 Å². The molecule has 1 N–H and O–H groups in total. The lowest BCUT2D eigenvalue weighted by molar-refractivity contribution is 0.290. The van der Waals surface area contributed by atoms with E-state index in [9.17, 15) is 0 Å². The molecule has 1 fully saturated rings. The van der Waals surface area contributed by atoms with Gasteiger partial charge in [0.25, 0.3) is 0 Å². The first-order chi connectivity index (χ1) is 8.68. The first-order valence-corrected chi connectivity index (χ1v) is 7.75. The van der Waals surface area contributed by atoms with Crippen LogP contribution in [-0.4, -0.2) is 63.2 Å². The molecular formula is C15H33N3. The minimum Gasteiger partial charge on any atom is -0.314 e. The molecule has 1 saturated carbocycles. The van der Waals surface area contributed by atoms with Gasteiger partial charge in [0, 0.05) is 6.04 Å². The third kappa shape index (κ3) is 8.06. The van der Waals surface area contributed by atoms with Crippen LogP contribution >= 0.6 is 0 Å². The Morgan fingerprint density at radius 1 is 0.889 bits per heavy atom. The molecule has 0 atom stereocenters. The van der Waals surface area contributed by atoms with E-state index in [-0.39, 0.29) is 0 Å². The lowest BCUT2D eigenvalue weighted by Crippen LogP contribution is -2.33. The van der Waals surface area contributed by atoms with Crippen molar-refractivity contribution in [1.82, 2.24) is 15.1 Å². The highest BCUT2D eigenvalue weighted by Crippen LogP contribution is 2.17. The molecule has 108 valence electrons. The summed E-state index contributed by atoms with van der Waals surface area (Å²) in [5.41, 5.74) is 0. The van der Waals surface area contributed by atoms with Crippen LogP contribution in [0.5, 0.6) is 0 Å². The first-order valence-electron chi connectivity index (χ1n) is 7.75. The summed E-state index contributed by atoms with van der Waals surface area (Å²) in [6, 6.07) is 0.817. The monoisotopic (exact) mass is 255 g/mol. The average Bonchev–Trinajstić information content (AvgIpc) is 2.35. The molecule has 0 radical (unpaired) electrons. The van der Waals surface area contributed by atoms with Gasteiger partial charge in [-0.2, -0.15) is 0 Å². The van der Waals surface area contributed by atoms with Gasteiger partial charge in [-0.3, -0.25) is 0 Å². The van der Waals surface area contributed by atoms with Crippen LogP contribution in [0.1, 0.15) is 44.9 Å². The second-order valence-electron chi connectivity index (χ2n) is 6.10. The Bertz CT molecular complexity index is 188. The van der Waals surface area contributed by atoms with E-state index in [0.717, 1.165) is 6.04 Å². The Hall–Kier alpha value is -0.120. The fourth-order valence-corrected chi connectivity index (χ4v) is 2.73. The van der Waals surface area contributed by atoms with Crippen molar-refractivity contribution in [3.63, 3.8) is 0 Å². The third-order valence-corrected chi connectivity index (χ3v) is 3.90. The topological polar surface area (TPSA) is 18.5 Å². The number of rotatable bonds is 9. The highest BCUT2D eigenvalue weighted by Gasteiger charge is 2.11. The minimum atomic E-state index is 0.817. The van der Waals surface area contributed by atoms with Gasteiger partial charge < -0.3 is 15.1 Å². The summed E-state index contributed by atoms with van der Waals surface area (Å²) in [6.07, 6.45) is 9.68. The average molecular weight is 255 g/mol. The highest BCUT2D eigenvalue weighted by atomic mass is 15.1. The number of hydrogen-bond donors (Lipinski definition) is 1. The van der Waals surface area contributed by atoms with Gasteiger partial charge >= 0.3 is 0 Å². The summed E-state index contributed by atoms with van der Waals surface area (Å²) in [6.45, 7) is 4.85. The lowest BCUT2D eigenvalue weighted by atomic mass is 9.95. The molecule has 0 aliphatic heterocycles. The zero-order valence-electron chi connectivity index (χ0n) is 12.7. The molecule has 0 unspecified atom stereocenters. The number of nitrogens with one attached hydrogen (secondary N) is 1. The molecule has 1 aliphatic carbocycles. The Morgan fingerprint density at radius 3 is 2.22 bits per heavy atom. The Kier molecular flexibility index (Phi) is 8.64. The van der Waals surface area contributed by atoms with Crippen LogP contribution in [0, 0.1) is 0 Å². The number of nitrogens with zero attached hydrogens (tertiary/aromatic N) is 2. The summed E-state index contributed by atoms with van der Waals surface area (Å²) >= 11 is 0. The zero-order chi connectivity index (χ0) is 13.2. The van der Waals surface area contributed by atoms with Crippen molar-refractivity contribution in [3.05, 3.63) is 0 Å². The fourth-order valence-electron chi connectivity index (χ4n) is 2.73. The molecular weight excluding hydrogens is 222 g/mol. The minimum absolute atomic E-state index is 0.817. The van der Waals surface area contributed by atoms with E-state index >= 15 is 0 Å². The SMILES string of the molecule is CN(C)CCCN(C)CCCNC1CCCCC1. The summed E-state index contributed by atoms with van der Waals surface area (Å²) in [4.78, 5) is 4.73. The summed E-state index contributed by atoms with van der Waals surface area (Å²) in [5.74, 6) is 0. The summed E-state index contributed by atoms with van der Waals surface area (Å²) in [5, 5.41) is 3.72. The van der Waals surface area contributed by atoms with Crippen molar-refractivity contribution in [2.75, 3.05) is 47.3 Å². The molecule has 0 heterocycles. The number of hydrogen-bond acceptors (Lipinski definition) is 3. The van der Waals surface area contributed by atoms with Gasteiger partial charge in [-0.05, 0) is 73.0 Å². The van der Waals surface area contributed by atoms with E-state index in [0.29, 0.717) is 0 Å². The van der Waals surface area contributed by atoms with Crippen molar-refractivity contribution >= 4 is 0 Å². The van der Waals surface area contributed by atoms with Crippen molar-refractivity contribution in [3.8, 4) is 0 Å². The molecule has 18 heavy (non-hydrogen) atoms. The van der Waals surface area contributed by atoms with Gasteiger partial charge in [-0.15, -0.1) is 0 Å². The molecule has 3 nitrogen and oxygen atoms in total. The van der Waals surface area contributed by atoms with Crippen molar-refractivity contribution < 1.29 is 0 Å². The van der Waals surface area contributed by atoms with Gasteiger partial charge in [0.1, 0.15) is 0 Å². The van der Waals surface area contributed by atoms with Crippen LogP contribution in [-0.2, 0) is 0 Å². The fraction of sp³-hybridized carbons (Fsp3) is 1.00. The predicted octanol–water partition coefficient (Wildman–Crippen LogP) is 2.18. The third-order valence-electron chi connectivity index (χ3n) is 3.90. The molecule has 3 heteroatoms. The van der Waals surface area contributed by atoms with E-state index in [1.54, 1.807) is 0 Å². The molecule has 0 aromatic carbocycles. The highest BCUT2D eigenvalue weighted by molar-refractivity contribution is 4.71. The molecule has 0 saturated heterocycles. The van der Waals surface area contributed by atoms with E-state index in [2.05, 4.69) is 36.3 Å². The largest absolute Gasteiger partial charge is 0.314 e. The second-order valence-corrected chi connectivity index (χ2v) is 6.10. The summed E-state index contributed by atoms with van der Waals surface area (Å²) < 4.78 is 0. The van der Waals surface area contributed by atoms with Gasteiger partial charge in [0.15, 0.2) is 0 Å². The van der Waals surface area contributed by atoms with Crippen molar-refractivity contribution in [2.45, 2.75) is 51.0 Å². The predicted molar refractivity (Wildman–Crippen MR) is 80.2 cm³/mol. The van der Waals surface area contributed by atoms with Gasteiger partial charge in [-0.25, -0.2) is 0 Å². The van der Waals surface area contributed by atoms with E-state index < -0.39 is 0 Å². The van der Waals surface area contributed by atoms with Gasteiger partial charge in [-0.1, -0.05) is 19.3 Å². The second kappa shape index (κ2) is 9.76. The smallest absolute Gasteiger partial charge is 0.00670 e. The van der Waals surface area contributed by atoms with Crippen LogP contribution in [0.2, 0.25) is 0 Å². The molecule has 0 aromatic heterocycles. The van der Waals surface area contributed by atoms with Gasteiger partial charge in [0.2, 0.25) is 0 Å². The van der Waals surface area contributed by atoms with Crippen LogP contribution in [0.4, 0.5) is 0 Å². The molecule has 1 rings (SSSR count). The molecule has 0 aromatic rings. The van der Waals surface area contributed by atoms with Gasteiger partial charge in [0.05, 0.1) is 0 Å². The van der Waals surface area contributed by atoms with Crippen molar-refractivity contribution in [2.24, 2.45) is 0 Å². The quantitative estimate of drug-likeness (QED) is 0.637. The van der Waals surface area contributed by atoms with E-state index in [1.165, 1.54) is 71.1 Å². The molecule has 0 amide bonds. The van der Waals surface area contributed by atoms with Crippen LogP contribution in [0.15, 0.2) is 0 Å². The molecule has 0 spiro atoms. The molecule has 1 aliphatic rings. The van der Waals surface area contributed by atoms with Crippen LogP contribution in [0.25, 0.3) is 0 Å². The maximum Gasteiger partial charge on any atom is 0.00670 e.